The quantitative estimate of drug-likeness (QED) is 0.751. The van der Waals surface area contributed by atoms with Crippen molar-refractivity contribution in [3.8, 4) is 0 Å². The fourth-order valence-electron chi connectivity index (χ4n) is 1.84. The lowest BCUT2D eigenvalue weighted by Crippen LogP contribution is -2.19. The Bertz CT molecular complexity index is 331. The number of aromatic nitrogens is 2. The summed E-state index contributed by atoms with van der Waals surface area (Å²) in [7, 11) is 1.72. The van der Waals surface area contributed by atoms with Crippen LogP contribution in [0.1, 0.15) is 36.8 Å². The molecule has 0 saturated carbocycles. The molecule has 1 N–H and O–H groups in total. The molecule has 4 heteroatoms. The summed E-state index contributed by atoms with van der Waals surface area (Å²) in [5.74, 6) is 0. The molecule has 1 aromatic heterocycles. The number of methoxy groups -OCH3 is 1. The van der Waals surface area contributed by atoms with Crippen LogP contribution in [0, 0.1) is 13.8 Å². The molecule has 1 rings (SSSR count). The lowest BCUT2D eigenvalue weighted by atomic mass is 10.2. The number of nitrogens with one attached hydrogen (secondary N) is 1. The molecule has 1 heterocycles. The van der Waals surface area contributed by atoms with Gasteiger partial charge in [-0.1, -0.05) is 0 Å². The highest BCUT2D eigenvalue weighted by atomic mass is 16.5. The minimum Gasteiger partial charge on any atom is -0.383 e. The van der Waals surface area contributed by atoms with Crippen molar-refractivity contribution in [3.63, 3.8) is 0 Å². The smallest absolute Gasteiger partial charge is 0.0641 e. The zero-order valence-electron chi connectivity index (χ0n) is 11.0. The molecule has 0 radical (unpaired) electrons. The minimum absolute atomic E-state index is 0.423. The molecule has 0 bridgehead atoms. The fraction of sp³-hybridized carbons (Fsp3) is 0.750. The van der Waals surface area contributed by atoms with Gasteiger partial charge in [0.1, 0.15) is 0 Å². The number of nitrogens with zero attached hydrogens (tertiary/aromatic N) is 2. The third-order valence-electron chi connectivity index (χ3n) is 2.75. The maximum Gasteiger partial charge on any atom is 0.0641 e. The largest absolute Gasteiger partial charge is 0.383 e. The van der Waals surface area contributed by atoms with E-state index in [1.807, 2.05) is 0 Å². The second-order valence-corrected chi connectivity index (χ2v) is 4.36. The number of hydrogen-bond donors (Lipinski definition) is 1. The second-order valence-electron chi connectivity index (χ2n) is 4.36. The van der Waals surface area contributed by atoms with Crippen molar-refractivity contribution in [2.75, 3.05) is 20.3 Å². The van der Waals surface area contributed by atoms with Crippen LogP contribution in [0.4, 0.5) is 0 Å². The van der Waals surface area contributed by atoms with Gasteiger partial charge in [0, 0.05) is 37.5 Å². The predicted molar refractivity (Wildman–Crippen MR) is 65.7 cm³/mol. The monoisotopic (exact) mass is 225 g/mol. The average molecular weight is 225 g/mol. The van der Waals surface area contributed by atoms with Gasteiger partial charge < -0.3 is 10.1 Å². The maximum atomic E-state index is 5.00. The maximum absolute atomic E-state index is 5.00. The lowest BCUT2D eigenvalue weighted by Gasteiger charge is -2.09. The van der Waals surface area contributed by atoms with Crippen molar-refractivity contribution in [2.45, 2.75) is 40.3 Å². The van der Waals surface area contributed by atoms with Gasteiger partial charge in [0.2, 0.25) is 0 Å². The molecule has 92 valence electrons. The molecule has 0 aromatic carbocycles. The Kier molecular flexibility index (Phi) is 4.96. The molecule has 16 heavy (non-hydrogen) atoms. The third kappa shape index (κ3) is 3.06. The second kappa shape index (κ2) is 6.01. The van der Waals surface area contributed by atoms with Gasteiger partial charge >= 0.3 is 0 Å². The normalized spacial score (nSPS) is 11.4. The molecular formula is C12H23N3O. The van der Waals surface area contributed by atoms with Crippen LogP contribution < -0.4 is 5.32 Å². The van der Waals surface area contributed by atoms with Gasteiger partial charge in [-0.2, -0.15) is 5.10 Å². The zero-order valence-corrected chi connectivity index (χ0v) is 11.0. The number of rotatable bonds is 6. The van der Waals surface area contributed by atoms with E-state index in [1.165, 1.54) is 11.3 Å². The van der Waals surface area contributed by atoms with Crippen LogP contribution in [0.3, 0.4) is 0 Å². The molecule has 0 spiro atoms. The van der Waals surface area contributed by atoms with Crippen LogP contribution in [-0.4, -0.2) is 30.0 Å². The molecule has 0 aliphatic rings. The number of aryl methyl sites for hydroxylation is 1. The first kappa shape index (κ1) is 13.2. The summed E-state index contributed by atoms with van der Waals surface area (Å²) < 4.78 is 7.09. The van der Waals surface area contributed by atoms with Gasteiger partial charge in [0.05, 0.1) is 12.3 Å². The Balaban J connectivity index is 2.65. The lowest BCUT2D eigenvalue weighted by molar-refractivity contribution is 0.199. The summed E-state index contributed by atoms with van der Waals surface area (Å²) in [4.78, 5) is 0. The van der Waals surface area contributed by atoms with Crippen LogP contribution in [0.2, 0.25) is 0 Å². The van der Waals surface area contributed by atoms with Crippen LogP contribution in [0.15, 0.2) is 0 Å². The van der Waals surface area contributed by atoms with Crippen molar-refractivity contribution in [2.24, 2.45) is 0 Å². The summed E-state index contributed by atoms with van der Waals surface area (Å²) in [6.45, 7) is 11.0. The Hall–Kier alpha value is -0.870. The van der Waals surface area contributed by atoms with Crippen molar-refractivity contribution in [1.82, 2.24) is 15.1 Å². The molecule has 1 aromatic rings. The van der Waals surface area contributed by atoms with Gasteiger partial charge in [-0.15, -0.1) is 0 Å². The molecular weight excluding hydrogens is 202 g/mol. The van der Waals surface area contributed by atoms with E-state index >= 15 is 0 Å². The molecule has 4 nitrogen and oxygen atoms in total. The zero-order chi connectivity index (χ0) is 12.1. The van der Waals surface area contributed by atoms with Crippen LogP contribution in [-0.2, 0) is 11.3 Å². The first-order valence-electron chi connectivity index (χ1n) is 5.82. The third-order valence-corrected chi connectivity index (χ3v) is 2.75. The summed E-state index contributed by atoms with van der Waals surface area (Å²) in [5, 5.41) is 7.91. The average Bonchev–Trinajstić information content (AvgIpc) is 2.51. The molecule has 0 aliphatic heterocycles. The predicted octanol–water partition coefficient (Wildman–Crippen LogP) is 1.82. The van der Waals surface area contributed by atoms with E-state index in [2.05, 4.69) is 42.8 Å². The molecule has 0 amide bonds. The van der Waals surface area contributed by atoms with Crippen LogP contribution in [0.25, 0.3) is 0 Å². The molecule has 0 atom stereocenters. The van der Waals surface area contributed by atoms with Gasteiger partial charge in [0.15, 0.2) is 0 Å². The van der Waals surface area contributed by atoms with Crippen molar-refractivity contribution in [3.05, 3.63) is 17.0 Å². The van der Waals surface area contributed by atoms with E-state index in [9.17, 15) is 0 Å². The van der Waals surface area contributed by atoms with E-state index in [-0.39, 0.29) is 0 Å². The van der Waals surface area contributed by atoms with E-state index in [0.717, 1.165) is 25.4 Å². The first-order valence-corrected chi connectivity index (χ1v) is 5.82. The molecule has 0 saturated heterocycles. The highest BCUT2D eigenvalue weighted by Crippen LogP contribution is 2.16. The highest BCUT2D eigenvalue weighted by molar-refractivity contribution is 5.24. The Morgan fingerprint density at radius 1 is 1.38 bits per heavy atom. The number of ether oxygens (including phenoxy) is 1. The highest BCUT2D eigenvalue weighted by Gasteiger charge is 2.12. The van der Waals surface area contributed by atoms with Gasteiger partial charge in [-0.25, -0.2) is 0 Å². The summed E-state index contributed by atoms with van der Waals surface area (Å²) in [6.07, 6.45) is 0. The molecule has 0 fully saturated rings. The summed E-state index contributed by atoms with van der Waals surface area (Å²) in [5.41, 5.74) is 3.69. The Labute approximate surface area is 98.0 Å². The van der Waals surface area contributed by atoms with Gasteiger partial charge in [-0.05, 0) is 27.7 Å². The fourth-order valence-corrected chi connectivity index (χ4v) is 1.84. The van der Waals surface area contributed by atoms with Crippen LogP contribution in [0.5, 0.6) is 0 Å². The minimum atomic E-state index is 0.423. The van der Waals surface area contributed by atoms with E-state index < -0.39 is 0 Å². The standard InChI is InChI=1S/C12H23N3O/c1-9(2)15-11(4)12(10(3)14-15)8-13-6-7-16-5/h9,13H,6-8H2,1-5H3. The molecule has 0 aliphatic carbocycles. The van der Waals surface area contributed by atoms with Crippen molar-refractivity contribution in [1.29, 1.82) is 0 Å². The van der Waals surface area contributed by atoms with Gasteiger partial charge in [-0.3, -0.25) is 4.68 Å². The topological polar surface area (TPSA) is 39.1 Å². The summed E-state index contributed by atoms with van der Waals surface area (Å²) >= 11 is 0. The SMILES string of the molecule is COCCNCc1c(C)nn(C(C)C)c1C. The van der Waals surface area contributed by atoms with E-state index in [1.54, 1.807) is 7.11 Å². The van der Waals surface area contributed by atoms with E-state index in [4.69, 9.17) is 4.74 Å². The first-order chi connectivity index (χ1) is 7.57. The Morgan fingerprint density at radius 3 is 2.56 bits per heavy atom. The van der Waals surface area contributed by atoms with Crippen LogP contribution >= 0.6 is 0 Å². The van der Waals surface area contributed by atoms with Crippen molar-refractivity contribution < 1.29 is 4.74 Å². The Morgan fingerprint density at radius 2 is 2.06 bits per heavy atom. The summed E-state index contributed by atoms with van der Waals surface area (Å²) in [6, 6.07) is 0.423. The van der Waals surface area contributed by atoms with E-state index in [0.29, 0.717) is 6.04 Å². The number of hydrogen-bond acceptors (Lipinski definition) is 3. The molecule has 0 unspecified atom stereocenters. The van der Waals surface area contributed by atoms with Gasteiger partial charge in [0.25, 0.3) is 0 Å². The van der Waals surface area contributed by atoms with Crippen molar-refractivity contribution >= 4 is 0 Å².